The van der Waals surface area contributed by atoms with Crippen LogP contribution in [0.25, 0.3) is 0 Å². The van der Waals surface area contributed by atoms with Crippen LogP contribution in [0.2, 0.25) is 0 Å². The molecule has 0 radical (unpaired) electrons. The van der Waals surface area contributed by atoms with Gasteiger partial charge in [0.1, 0.15) is 0 Å². The molecule has 0 amide bonds. The van der Waals surface area contributed by atoms with Crippen molar-refractivity contribution in [1.29, 1.82) is 0 Å². The number of nitrogens with one attached hydrogen (secondary N) is 1. The maximum atomic E-state index is 4.82. The maximum Gasteiger partial charge on any atom is 0.0584 e. The Labute approximate surface area is 44.1 Å². The summed E-state index contributed by atoms with van der Waals surface area (Å²) in [6, 6.07) is 0. The molecule has 0 saturated carbocycles. The van der Waals surface area contributed by atoms with Crippen molar-refractivity contribution in [2.24, 2.45) is 0 Å². The van der Waals surface area contributed by atoms with Crippen LogP contribution < -0.4 is 5.32 Å². The fourth-order valence-electron chi connectivity index (χ4n) is 0.184. The van der Waals surface area contributed by atoms with Crippen molar-refractivity contribution < 1.29 is 0 Å². The number of terminal acetylenes is 1. The minimum atomic E-state index is 0.671. The minimum Gasteiger partial charge on any atom is -0.309 e. The van der Waals surface area contributed by atoms with Gasteiger partial charge in [-0.3, -0.25) is 0 Å². The third kappa shape index (κ3) is 5.08. The van der Waals surface area contributed by atoms with Gasteiger partial charge in [-0.2, -0.15) is 0 Å². The van der Waals surface area contributed by atoms with E-state index in [1.54, 1.807) is 0 Å². The second-order valence-corrected chi connectivity index (χ2v) is 0.976. The van der Waals surface area contributed by atoms with E-state index in [1.807, 2.05) is 7.05 Å². The highest BCUT2D eigenvalue weighted by molar-refractivity contribution is 5.22. The smallest absolute Gasteiger partial charge is 0.0584 e. The highest BCUT2D eigenvalue weighted by Gasteiger charge is 1.60. The molecule has 0 aliphatic heterocycles. The van der Waals surface area contributed by atoms with Crippen molar-refractivity contribution in [2.45, 2.75) is 0 Å². The Kier molecular flexibility index (Phi) is 4.41. The molecule has 0 aromatic heterocycles. The Morgan fingerprint density at radius 1 is 1.71 bits per heavy atom. The first kappa shape index (κ1) is 6.08. The molecular weight excluding hydrogens is 86.1 g/mol. The fraction of sp³-hybridized carbons (Fsp3) is 0.333. The summed E-state index contributed by atoms with van der Waals surface area (Å²) >= 11 is 0. The molecule has 1 heteroatoms. The predicted octanol–water partition coefficient (Wildman–Crippen LogP) is -0.158. The highest BCUT2D eigenvalue weighted by Crippen LogP contribution is 1.47. The van der Waals surface area contributed by atoms with E-state index < -0.39 is 0 Å². The van der Waals surface area contributed by atoms with Gasteiger partial charge in [0, 0.05) is 0 Å². The highest BCUT2D eigenvalue weighted by atomic mass is 14.8. The Morgan fingerprint density at radius 2 is 2.43 bits per heavy atom. The van der Waals surface area contributed by atoms with Gasteiger partial charge in [-0.05, 0) is 18.9 Å². The van der Waals surface area contributed by atoms with Crippen LogP contribution in [0.4, 0.5) is 0 Å². The van der Waals surface area contributed by atoms with Crippen LogP contribution >= 0.6 is 0 Å². The Balaban J connectivity index is 3.13. The lowest BCUT2D eigenvalue weighted by atomic mass is 10.6. The molecule has 36 valence electrons. The molecule has 0 spiro atoms. The minimum absolute atomic E-state index is 0.671. The van der Waals surface area contributed by atoms with E-state index in [-0.39, 0.29) is 0 Å². The monoisotopic (exact) mass is 93.1 g/mol. The first-order chi connectivity index (χ1) is 3.41. The Morgan fingerprint density at radius 3 is 2.86 bits per heavy atom. The van der Waals surface area contributed by atoms with Gasteiger partial charge in [0.05, 0.1) is 6.54 Å². The maximum absolute atomic E-state index is 4.82. The molecule has 0 aromatic carbocycles. The molecule has 0 aliphatic rings. The van der Waals surface area contributed by atoms with Gasteiger partial charge < -0.3 is 5.32 Å². The lowest BCUT2D eigenvalue weighted by molar-refractivity contribution is 0.938. The number of rotatable bonds is 1. The van der Waals surface area contributed by atoms with Crippen molar-refractivity contribution in [3.8, 4) is 24.2 Å². The molecule has 0 rings (SSSR count). The van der Waals surface area contributed by atoms with Crippen molar-refractivity contribution in [1.82, 2.24) is 5.32 Å². The largest absolute Gasteiger partial charge is 0.309 e. The quantitative estimate of drug-likeness (QED) is 0.444. The van der Waals surface area contributed by atoms with Gasteiger partial charge in [-0.1, -0.05) is 5.92 Å². The van der Waals surface area contributed by atoms with E-state index in [2.05, 4.69) is 23.1 Å². The summed E-state index contributed by atoms with van der Waals surface area (Å²) in [5, 5.41) is 2.83. The third-order valence-corrected chi connectivity index (χ3v) is 0.426. The fourth-order valence-corrected chi connectivity index (χ4v) is 0.184. The van der Waals surface area contributed by atoms with Crippen LogP contribution in [0.5, 0.6) is 0 Å². The molecule has 0 bridgehead atoms. The van der Waals surface area contributed by atoms with E-state index in [9.17, 15) is 0 Å². The topological polar surface area (TPSA) is 12.0 Å². The molecule has 0 heterocycles. The Hall–Kier alpha value is -0.920. The van der Waals surface area contributed by atoms with E-state index in [0.717, 1.165) is 0 Å². The van der Waals surface area contributed by atoms with E-state index in [0.29, 0.717) is 6.54 Å². The SMILES string of the molecule is C#CC#CCNC. The molecule has 7 heavy (non-hydrogen) atoms. The number of hydrogen-bond acceptors (Lipinski definition) is 1. The van der Waals surface area contributed by atoms with Crippen LogP contribution in [0.3, 0.4) is 0 Å². The van der Waals surface area contributed by atoms with Gasteiger partial charge in [-0.15, -0.1) is 6.42 Å². The Bertz CT molecular complexity index is 119. The van der Waals surface area contributed by atoms with Crippen LogP contribution in [0.1, 0.15) is 0 Å². The number of hydrogen-bond donors (Lipinski definition) is 1. The van der Waals surface area contributed by atoms with Crippen LogP contribution in [-0.4, -0.2) is 13.6 Å². The molecule has 1 nitrogen and oxygen atoms in total. The molecule has 0 fully saturated rings. The third-order valence-electron chi connectivity index (χ3n) is 0.426. The average Bonchev–Trinajstić information content (AvgIpc) is 1.69. The summed E-state index contributed by atoms with van der Waals surface area (Å²) in [6.07, 6.45) is 4.82. The molecule has 0 saturated heterocycles. The van der Waals surface area contributed by atoms with Crippen molar-refractivity contribution in [3.05, 3.63) is 0 Å². The zero-order valence-corrected chi connectivity index (χ0v) is 4.28. The van der Waals surface area contributed by atoms with E-state index in [4.69, 9.17) is 6.42 Å². The molecule has 0 unspecified atom stereocenters. The lowest BCUT2D eigenvalue weighted by Gasteiger charge is -1.77. The summed E-state index contributed by atoms with van der Waals surface area (Å²) < 4.78 is 0. The second-order valence-electron chi connectivity index (χ2n) is 0.976. The standard InChI is InChI=1S/C6H7N/c1-3-4-5-6-7-2/h1,7H,6H2,2H3. The molecule has 0 aromatic rings. The summed E-state index contributed by atoms with van der Waals surface area (Å²) in [6.45, 7) is 0.671. The average molecular weight is 93.1 g/mol. The van der Waals surface area contributed by atoms with Gasteiger partial charge in [0.25, 0.3) is 0 Å². The summed E-state index contributed by atoms with van der Waals surface area (Å²) in [7, 11) is 1.82. The second kappa shape index (κ2) is 5.08. The van der Waals surface area contributed by atoms with Crippen LogP contribution in [0.15, 0.2) is 0 Å². The zero-order chi connectivity index (χ0) is 5.54. The van der Waals surface area contributed by atoms with Crippen molar-refractivity contribution in [2.75, 3.05) is 13.6 Å². The van der Waals surface area contributed by atoms with E-state index in [1.165, 1.54) is 0 Å². The first-order valence-electron chi connectivity index (χ1n) is 2.00. The molecule has 1 N–H and O–H groups in total. The lowest BCUT2D eigenvalue weighted by Crippen LogP contribution is -2.04. The zero-order valence-electron chi connectivity index (χ0n) is 4.28. The van der Waals surface area contributed by atoms with Gasteiger partial charge in [0.15, 0.2) is 0 Å². The summed E-state index contributed by atoms with van der Waals surface area (Å²) in [5.74, 6) is 7.35. The van der Waals surface area contributed by atoms with Gasteiger partial charge in [0.2, 0.25) is 0 Å². The van der Waals surface area contributed by atoms with E-state index >= 15 is 0 Å². The van der Waals surface area contributed by atoms with Gasteiger partial charge >= 0.3 is 0 Å². The van der Waals surface area contributed by atoms with Crippen LogP contribution in [-0.2, 0) is 0 Å². The summed E-state index contributed by atoms with van der Waals surface area (Å²) in [5.41, 5.74) is 0. The first-order valence-corrected chi connectivity index (χ1v) is 2.00. The molecular formula is C6H7N. The summed E-state index contributed by atoms with van der Waals surface area (Å²) in [4.78, 5) is 0. The normalized spacial score (nSPS) is 5.71. The molecule has 0 atom stereocenters. The van der Waals surface area contributed by atoms with Crippen LogP contribution in [0, 0.1) is 24.2 Å². The van der Waals surface area contributed by atoms with Crippen molar-refractivity contribution in [3.63, 3.8) is 0 Å². The van der Waals surface area contributed by atoms with Crippen molar-refractivity contribution >= 4 is 0 Å². The van der Waals surface area contributed by atoms with Gasteiger partial charge in [-0.25, -0.2) is 0 Å². The predicted molar refractivity (Wildman–Crippen MR) is 30.5 cm³/mol. The molecule has 0 aliphatic carbocycles.